The number of rotatable bonds is 7. The van der Waals surface area contributed by atoms with Crippen LogP contribution in [0.5, 0.6) is 5.88 Å². The number of halogens is 4. The minimum atomic E-state index is -4.12. The zero-order valence-corrected chi connectivity index (χ0v) is 21.8. The van der Waals surface area contributed by atoms with Gasteiger partial charge in [0.05, 0.1) is 17.6 Å². The number of ether oxygens (including phenoxy) is 1. The molecule has 1 amide bonds. The Kier molecular flexibility index (Phi) is 7.67. The summed E-state index contributed by atoms with van der Waals surface area (Å²) in [5, 5.41) is 0. The van der Waals surface area contributed by atoms with Gasteiger partial charge < -0.3 is 14.5 Å². The van der Waals surface area contributed by atoms with Crippen molar-refractivity contribution in [3.8, 4) is 17.0 Å². The van der Waals surface area contributed by atoms with Crippen LogP contribution in [0, 0.1) is 17.2 Å². The van der Waals surface area contributed by atoms with Gasteiger partial charge in [-0.15, -0.1) is 0 Å². The van der Waals surface area contributed by atoms with E-state index >= 15 is 0 Å². The van der Waals surface area contributed by atoms with Gasteiger partial charge in [-0.25, -0.2) is 9.37 Å². The SMILES string of the molecule is C[C@H]1CCCN1C(=O)c1ccc(-c2ccc(OCC3CCN(CC4(C(F)(F)F)CCC4)CC3)nc2)cc1F. The van der Waals surface area contributed by atoms with Gasteiger partial charge in [0.15, 0.2) is 0 Å². The number of nitrogens with zero attached hydrogens (tertiary/aromatic N) is 3. The van der Waals surface area contributed by atoms with Crippen LogP contribution in [0.15, 0.2) is 36.5 Å². The van der Waals surface area contributed by atoms with Crippen LogP contribution in [0.4, 0.5) is 17.6 Å². The Labute approximate surface area is 221 Å². The molecule has 0 spiro atoms. The molecule has 0 radical (unpaired) electrons. The third-order valence-electron chi connectivity index (χ3n) is 8.70. The van der Waals surface area contributed by atoms with Crippen molar-refractivity contribution in [2.24, 2.45) is 11.3 Å². The number of hydrogen-bond donors (Lipinski definition) is 0. The zero-order valence-electron chi connectivity index (χ0n) is 21.8. The number of piperidine rings is 1. The molecule has 1 saturated carbocycles. The lowest BCUT2D eigenvalue weighted by Crippen LogP contribution is -2.53. The highest BCUT2D eigenvalue weighted by atomic mass is 19.4. The molecule has 2 saturated heterocycles. The van der Waals surface area contributed by atoms with Gasteiger partial charge in [0.1, 0.15) is 5.82 Å². The van der Waals surface area contributed by atoms with Crippen molar-refractivity contribution in [3.63, 3.8) is 0 Å². The van der Waals surface area contributed by atoms with Crippen molar-refractivity contribution in [2.45, 2.75) is 64.1 Å². The molecule has 1 aromatic carbocycles. The average Bonchev–Trinajstić information content (AvgIpc) is 3.30. The number of likely N-dealkylation sites (tertiary alicyclic amines) is 2. The first-order valence-corrected chi connectivity index (χ1v) is 13.6. The van der Waals surface area contributed by atoms with Crippen molar-refractivity contribution in [1.82, 2.24) is 14.8 Å². The molecule has 38 heavy (non-hydrogen) atoms. The molecule has 1 atom stereocenters. The Bertz CT molecular complexity index is 1130. The molecular weight excluding hydrogens is 498 g/mol. The van der Waals surface area contributed by atoms with Gasteiger partial charge in [0.25, 0.3) is 5.91 Å². The summed E-state index contributed by atoms with van der Waals surface area (Å²) in [6.07, 6.45) is 2.11. The van der Waals surface area contributed by atoms with Crippen LogP contribution in [0.2, 0.25) is 0 Å². The van der Waals surface area contributed by atoms with Gasteiger partial charge in [-0.3, -0.25) is 4.79 Å². The summed E-state index contributed by atoms with van der Waals surface area (Å²) < 4.78 is 61.1. The number of amides is 1. The second-order valence-electron chi connectivity index (χ2n) is 11.2. The largest absolute Gasteiger partial charge is 0.477 e. The van der Waals surface area contributed by atoms with E-state index in [4.69, 9.17) is 4.74 Å². The number of pyridine rings is 1. The lowest BCUT2D eigenvalue weighted by molar-refractivity contribution is -0.256. The van der Waals surface area contributed by atoms with Crippen LogP contribution in [-0.4, -0.2) is 65.7 Å². The summed E-state index contributed by atoms with van der Waals surface area (Å²) >= 11 is 0. The number of aromatic nitrogens is 1. The lowest BCUT2D eigenvalue weighted by atomic mass is 9.67. The molecule has 0 unspecified atom stereocenters. The number of carbonyl (C=O) groups excluding carboxylic acids is 1. The third kappa shape index (κ3) is 5.53. The molecule has 2 aliphatic heterocycles. The number of alkyl halides is 3. The van der Waals surface area contributed by atoms with E-state index in [1.54, 1.807) is 29.3 Å². The Morgan fingerprint density at radius 1 is 1.05 bits per heavy atom. The van der Waals surface area contributed by atoms with Crippen molar-refractivity contribution >= 4 is 5.91 Å². The quantitative estimate of drug-likeness (QED) is 0.390. The highest BCUT2D eigenvalue weighted by Gasteiger charge is 2.58. The monoisotopic (exact) mass is 533 g/mol. The maximum atomic E-state index is 14.8. The van der Waals surface area contributed by atoms with Crippen LogP contribution < -0.4 is 4.74 Å². The van der Waals surface area contributed by atoms with Gasteiger partial charge in [0.2, 0.25) is 5.88 Å². The fraction of sp³-hybridized carbons (Fsp3) is 0.586. The highest BCUT2D eigenvalue weighted by molar-refractivity contribution is 5.95. The van der Waals surface area contributed by atoms with Crippen LogP contribution in [0.1, 0.15) is 62.2 Å². The molecule has 3 heterocycles. The van der Waals surface area contributed by atoms with Gasteiger partial charge in [0, 0.05) is 37.0 Å². The first-order chi connectivity index (χ1) is 18.1. The third-order valence-corrected chi connectivity index (χ3v) is 8.70. The van der Waals surface area contributed by atoms with Gasteiger partial charge in [-0.1, -0.05) is 12.5 Å². The van der Waals surface area contributed by atoms with Crippen molar-refractivity contribution in [3.05, 3.63) is 47.9 Å². The molecule has 1 aromatic heterocycles. The molecule has 0 bridgehead atoms. The summed E-state index contributed by atoms with van der Waals surface area (Å²) in [6, 6.07) is 8.30. The molecule has 9 heteroatoms. The molecule has 5 rings (SSSR count). The first-order valence-electron chi connectivity index (χ1n) is 13.6. The van der Waals surface area contributed by atoms with Crippen LogP contribution in [0.25, 0.3) is 11.1 Å². The predicted octanol–water partition coefficient (Wildman–Crippen LogP) is 6.34. The smallest absolute Gasteiger partial charge is 0.395 e. The lowest BCUT2D eigenvalue weighted by Gasteiger charge is -2.47. The summed E-state index contributed by atoms with van der Waals surface area (Å²) in [4.78, 5) is 20.8. The molecule has 0 N–H and O–H groups in total. The van der Waals surface area contributed by atoms with Gasteiger partial charge >= 0.3 is 6.18 Å². The molecule has 5 nitrogen and oxygen atoms in total. The zero-order chi connectivity index (χ0) is 26.9. The summed E-state index contributed by atoms with van der Waals surface area (Å²) in [5.74, 6) is -0.0863. The van der Waals surface area contributed by atoms with Crippen LogP contribution in [-0.2, 0) is 0 Å². The highest BCUT2D eigenvalue weighted by Crippen LogP contribution is 2.53. The second-order valence-corrected chi connectivity index (χ2v) is 11.2. The minimum absolute atomic E-state index is 0.0859. The van der Waals surface area contributed by atoms with E-state index in [1.165, 1.54) is 12.1 Å². The fourth-order valence-electron chi connectivity index (χ4n) is 5.97. The Morgan fingerprint density at radius 2 is 1.79 bits per heavy atom. The van der Waals surface area contributed by atoms with E-state index < -0.39 is 17.4 Å². The van der Waals surface area contributed by atoms with Crippen LogP contribution >= 0.6 is 0 Å². The molecule has 2 aromatic rings. The Hall–Kier alpha value is -2.68. The molecule has 1 aliphatic carbocycles. The predicted molar refractivity (Wildman–Crippen MR) is 136 cm³/mol. The Morgan fingerprint density at radius 3 is 2.34 bits per heavy atom. The molecule has 206 valence electrons. The Balaban J connectivity index is 1.11. The summed E-state index contributed by atoms with van der Waals surface area (Å²) in [6.45, 7) is 4.52. The molecule has 3 fully saturated rings. The topological polar surface area (TPSA) is 45.7 Å². The second kappa shape index (κ2) is 10.8. The summed E-state index contributed by atoms with van der Waals surface area (Å²) in [7, 11) is 0. The molecule has 3 aliphatic rings. The minimum Gasteiger partial charge on any atom is -0.477 e. The fourth-order valence-corrected chi connectivity index (χ4v) is 5.97. The van der Waals surface area contributed by atoms with Crippen molar-refractivity contribution in [1.29, 1.82) is 0 Å². The van der Waals surface area contributed by atoms with E-state index in [1.807, 2.05) is 11.8 Å². The number of benzene rings is 1. The van der Waals surface area contributed by atoms with Gasteiger partial charge in [-0.2, -0.15) is 13.2 Å². The molecular formula is C29H35F4N3O2. The average molecular weight is 534 g/mol. The van der Waals surface area contributed by atoms with Gasteiger partial charge in [-0.05, 0) is 88.2 Å². The number of hydrogen-bond acceptors (Lipinski definition) is 4. The maximum Gasteiger partial charge on any atom is 0.395 e. The standard InChI is InChI=1S/C29H35F4N3O2/c1-20-4-2-13-36(20)27(37)24-7-5-22(16-25(24)30)23-6-8-26(34-17-23)38-18-21-9-14-35(15-10-21)19-28(11-3-12-28)29(31,32)33/h5-8,16-17,20-21H,2-4,9-15,18-19H2,1H3/t20-/m0/s1. The van der Waals surface area contributed by atoms with E-state index in [2.05, 4.69) is 4.98 Å². The van der Waals surface area contributed by atoms with Crippen molar-refractivity contribution in [2.75, 3.05) is 32.8 Å². The van der Waals surface area contributed by atoms with Crippen LogP contribution in [0.3, 0.4) is 0 Å². The van der Waals surface area contributed by atoms with Crippen molar-refractivity contribution < 1.29 is 27.1 Å². The van der Waals surface area contributed by atoms with E-state index in [-0.39, 0.29) is 42.8 Å². The normalized spacial score (nSPS) is 22.3. The maximum absolute atomic E-state index is 14.8. The van der Waals surface area contributed by atoms with E-state index in [0.29, 0.717) is 49.7 Å². The summed E-state index contributed by atoms with van der Waals surface area (Å²) in [5.41, 5.74) is -0.0776. The number of carbonyl (C=O) groups is 1. The van der Waals surface area contributed by atoms with E-state index in [0.717, 1.165) is 25.7 Å². The first kappa shape index (κ1) is 26.9. The van der Waals surface area contributed by atoms with E-state index in [9.17, 15) is 22.4 Å².